The van der Waals surface area contributed by atoms with Crippen LogP contribution in [0.15, 0.2) is 12.4 Å². The zero-order chi connectivity index (χ0) is 5.15. The summed E-state index contributed by atoms with van der Waals surface area (Å²) in [5.74, 6) is -2.93. The van der Waals surface area contributed by atoms with Crippen molar-refractivity contribution in [3.05, 3.63) is 12.4 Å². The van der Waals surface area contributed by atoms with Crippen LogP contribution in [0.3, 0.4) is 0 Å². The molecule has 0 aliphatic rings. The van der Waals surface area contributed by atoms with E-state index < -0.39 is 11.8 Å². The first-order chi connectivity index (χ1) is 2.64. The zero-order valence-corrected chi connectivity index (χ0v) is 9.15. The van der Waals surface area contributed by atoms with Crippen molar-refractivity contribution in [2.45, 2.75) is 0 Å². The molecule has 0 unspecified atom stereocenters. The van der Waals surface area contributed by atoms with Crippen molar-refractivity contribution in [1.29, 1.82) is 0 Å². The summed E-state index contributed by atoms with van der Waals surface area (Å²) in [7, 11) is 0. The third kappa shape index (κ3) is 6.08. The minimum Gasteiger partial charge on any atom is -0.476 e. The van der Waals surface area contributed by atoms with Crippen LogP contribution in [0.1, 0.15) is 0 Å². The molecule has 36 valence electrons. The van der Waals surface area contributed by atoms with Gasteiger partial charge in [0, 0.05) is 27.7 Å². The van der Waals surface area contributed by atoms with Gasteiger partial charge in [-0.2, -0.15) is 4.39 Å². The molecule has 0 amide bonds. The molecule has 0 saturated heterocycles. The summed E-state index contributed by atoms with van der Waals surface area (Å²) in [6.07, 6.45) is 0. The number of rotatable bonds is 1. The summed E-state index contributed by atoms with van der Waals surface area (Å²) in [5.41, 5.74) is 0. The third-order valence-corrected chi connectivity index (χ3v) is 0.232. The number of hydrogen-bond acceptors (Lipinski definition) is 1. The number of carboxylic acids is 1. The summed E-state index contributed by atoms with van der Waals surface area (Å²) in [4.78, 5) is 9.22. The van der Waals surface area contributed by atoms with E-state index in [1.807, 2.05) is 0 Å². The van der Waals surface area contributed by atoms with Crippen molar-refractivity contribution in [2.75, 3.05) is 0 Å². The molecule has 0 bridgehead atoms. The van der Waals surface area contributed by atoms with Crippen LogP contribution in [0.25, 0.3) is 0 Å². The van der Waals surface area contributed by atoms with Crippen LogP contribution in [0.5, 0.6) is 0 Å². The van der Waals surface area contributed by atoms with Crippen LogP contribution in [0.2, 0.25) is 0 Å². The van der Waals surface area contributed by atoms with Gasteiger partial charge in [-0.15, -0.1) is 0 Å². The van der Waals surface area contributed by atoms with E-state index in [1.54, 1.807) is 0 Å². The molecule has 0 aromatic heterocycles. The fraction of sp³-hybridized carbons (Fsp3) is 0. The molecular weight excluding hydrogens is 288 g/mol. The summed E-state index contributed by atoms with van der Waals surface area (Å²) >= 11 is 0. The minimum atomic E-state index is -1.60. The van der Waals surface area contributed by atoms with Crippen LogP contribution in [0.4, 0.5) is 4.39 Å². The van der Waals surface area contributed by atoms with Gasteiger partial charge in [0.1, 0.15) is 0 Å². The van der Waals surface area contributed by atoms with Gasteiger partial charge < -0.3 is 5.11 Å². The maximum atomic E-state index is 11.0. The summed E-state index contributed by atoms with van der Waals surface area (Å²) in [6.45, 7) is 2.49. The van der Waals surface area contributed by atoms with Crippen molar-refractivity contribution in [3.63, 3.8) is 0 Å². The summed E-state index contributed by atoms with van der Waals surface area (Å²) < 4.78 is 11.0. The molecule has 0 aliphatic heterocycles. The fourth-order valence-corrected chi connectivity index (χ4v) is 0. The predicted molar refractivity (Wildman–Crippen MR) is 17.9 cm³/mol. The number of carbonyl (C=O) groups is 1. The van der Waals surface area contributed by atoms with Gasteiger partial charge in [-0.3, -0.25) is 0 Å². The van der Waals surface area contributed by atoms with Gasteiger partial charge in [0.05, 0.1) is 0 Å². The van der Waals surface area contributed by atoms with Crippen LogP contribution >= 0.6 is 0 Å². The zero-order valence-electron chi connectivity index (χ0n) is 3.65. The Labute approximate surface area is 60.5 Å². The van der Waals surface area contributed by atoms with Gasteiger partial charge in [-0.25, -0.2) is 4.79 Å². The third-order valence-electron chi connectivity index (χ3n) is 0.232. The van der Waals surface area contributed by atoms with E-state index in [9.17, 15) is 9.18 Å². The number of halogens is 1. The Hall–Kier alpha value is 0.0751. The Morgan fingerprint density at radius 1 is 1.71 bits per heavy atom. The molecule has 0 fully saturated rings. The van der Waals surface area contributed by atoms with E-state index in [1.165, 1.54) is 0 Å². The first-order valence-electron chi connectivity index (χ1n) is 1.22. The molecule has 4 heteroatoms. The molecule has 2 nitrogen and oxygen atoms in total. The molecule has 0 aromatic carbocycles. The van der Waals surface area contributed by atoms with Crippen molar-refractivity contribution in [2.24, 2.45) is 0 Å². The Balaban J connectivity index is 0. The topological polar surface area (TPSA) is 37.3 Å². The average molecular weight is 291 g/mol. The van der Waals surface area contributed by atoms with E-state index in [4.69, 9.17) is 5.11 Å². The second kappa shape index (κ2) is 4.24. The quantitative estimate of drug-likeness (QED) is 0.566. The van der Waals surface area contributed by atoms with E-state index in [-0.39, 0.29) is 27.7 Å². The normalized spacial score (nSPS) is 6.43. The molecule has 0 atom stereocenters. The van der Waals surface area contributed by atoms with E-state index in [0.29, 0.717) is 0 Å². The molecular formula is C3H3FHgO2. The molecule has 0 saturated carbocycles. The van der Waals surface area contributed by atoms with Crippen molar-refractivity contribution in [1.82, 2.24) is 0 Å². The molecule has 0 aliphatic carbocycles. The van der Waals surface area contributed by atoms with Gasteiger partial charge in [-0.1, -0.05) is 6.58 Å². The van der Waals surface area contributed by atoms with Gasteiger partial charge >= 0.3 is 5.97 Å². The Morgan fingerprint density at radius 3 is 1.86 bits per heavy atom. The molecule has 0 rings (SSSR count). The Morgan fingerprint density at radius 2 is 1.86 bits per heavy atom. The maximum Gasteiger partial charge on any atom is 0.364 e. The Kier molecular flexibility index (Phi) is 6.14. The number of aliphatic carboxylic acids is 1. The predicted octanol–water partition coefficient (Wildman–Crippen LogP) is 0.552. The van der Waals surface area contributed by atoms with Gasteiger partial charge in [-0.05, 0) is 0 Å². The SMILES string of the molecule is C=C(F)C(=O)O.[Hg]. The van der Waals surface area contributed by atoms with Crippen molar-refractivity contribution < 1.29 is 42.0 Å². The molecule has 0 heterocycles. The Bertz CT molecular complexity index is 78.9. The van der Waals surface area contributed by atoms with Crippen molar-refractivity contribution >= 4 is 5.97 Å². The van der Waals surface area contributed by atoms with Gasteiger partial charge in [0.25, 0.3) is 0 Å². The molecule has 1 N–H and O–H groups in total. The average Bonchev–Trinajstić information content (AvgIpc) is 1.36. The van der Waals surface area contributed by atoms with Gasteiger partial charge in [0.15, 0.2) is 0 Å². The number of hydrogen-bond donors (Lipinski definition) is 1. The smallest absolute Gasteiger partial charge is 0.364 e. The first-order valence-corrected chi connectivity index (χ1v) is 1.22. The summed E-state index contributed by atoms with van der Waals surface area (Å²) in [5, 5.41) is 7.52. The standard InChI is InChI=1S/C3H3FO2.Hg/c1-2(4)3(5)6;/h1H2,(H,5,6);. The second-order valence-corrected chi connectivity index (χ2v) is 0.710. The largest absolute Gasteiger partial charge is 0.476 e. The van der Waals surface area contributed by atoms with E-state index in [0.717, 1.165) is 0 Å². The maximum absolute atomic E-state index is 11.0. The second-order valence-electron chi connectivity index (χ2n) is 0.710. The van der Waals surface area contributed by atoms with Crippen LogP contribution in [-0.2, 0) is 32.5 Å². The minimum absolute atomic E-state index is 0. The van der Waals surface area contributed by atoms with Crippen LogP contribution in [-0.4, -0.2) is 11.1 Å². The monoisotopic (exact) mass is 292 g/mol. The summed E-state index contributed by atoms with van der Waals surface area (Å²) in [6, 6.07) is 0. The molecule has 7 heavy (non-hydrogen) atoms. The van der Waals surface area contributed by atoms with E-state index in [2.05, 4.69) is 6.58 Å². The first kappa shape index (κ1) is 10.1. The molecule has 0 spiro atoms. The van der Waals surface area contributed by atoms with Crippen LogP contribution in [0, 0.1) is 0 Å². The fourth-order valence-electron chi connectivity index (χ4n) is 0. The number of carboxylic acid groups (broad SMARTS) is 1. The van der Waals surface area contributed by atoms with Crippen molar-refractivity contribution in [3.8, 4) is 0 Å². The van der Waals surface area contributed by atoms with Crippen LogP contribution < -0.4 is 0 Å². The molecule has 0 aromatic rings. The molecule has 0 radical (unpaired) electrons. The van der Waals surface area contributed by atoms with E-state index >= 15 is 0 Å². The van der Waals surface area contributed by atoms with Gasteiger partial charge in [0.2, 0.25) is 5.83 Å².